The third-order valence-corrected chi connectivity index (χ3v) is 14.1. The summed E-state index contributed by atoms with van der Waals surface area (Å²) in [7, 11) is 0. The van der Waals surface area contributed by atoms with Gasteiger partial charge in [-0.15, -0.1) is 10.2 Å². The summed E-state index contributed by atoms with van der Waals surface area (Å²) in [6, 6.07) is 14.9. The van der Waals surface area contributed by atoms with Crippen molar-refractivity contribution in [3.05, 3.63) is 85.7 Å². The lowest BCUT2D eigenvalue weighted by molar-refractivity contribution is -0.137. The number of carboxylic acid groups (broad SMARTS) is 1. The second-order valence-electron chi connectivity index (χ2n) is 19.8. The van der Waals surface area contributed by atoms with E-state index >= 15 is 0 Å². The highest BCUT2D eigenvalue weighted by Crippen LogP contribution is 2.23. The monoisotopic (exact) mass is 1080 g/mol. The fourth-order valence-electron chi connectivity index (χ4n) is 9.58. The van der Waals surface area contributed by atoms with Gasteiger partial charge in [0, 0.05) is 97.1 Å². The smallest absolute Gasteiger partial charge is 0.303 e. The number of rotatable bonds is 14. The molecule has 0 aliphatic carbocycles. The van der Waals surface area contributed by atoms with E-state index in [-0.39, 0.29) is 6.42 Å². The van der Waals surface area contributed by atoms with E-state index in [0.717, 1.165) is 152 Å². The van der Waals surface area contributed by atoms with Crippen molar-refractivity contribution >= 4 is 57.4 Å². The number of ether oxygens (including phenoxy) is 2. The molecule has 8 bridgehead atoms. The minimum atomic E-state index is -0.832. The summed E-state index contributed by atoms with van der Waals surface area (Å²) < 4.78 is 18.7. The summed E-state index contributed by atoms with van der Waals surface area (Å²) in [5, 5.41) is 41.1. The third kappa shape index (κ3) is 15.4. The van der Waals surface area contributed by atoms with E-state index in [2.05, 4.69) is 81.0 Å². The molecule has 416 valence electrons. The number of aliphatic carboxylic acids is 1. The van der Waals surface area contributed by atoms with E-state index in [1.54, 1.807) is 46.3 Å². The Hall–Kier alpha value is -8.04. The van der Waals surface area contributed by atoms with Crippen LogP contribution in [0.1, 0.15) is 51.4 Å². The number of nitrogens with one attached hydrogen (secondary N) is 2. The maximum absolute atomic E-state index is 12.3. The predicted octanol–water partition coefficient (Wildman–Crippen LogP) is 4.04. The molecule has 6 aliphatic heterocycles. The van der Waals surface area contributed by atoms with Crippen LogP contribution in [0.25, 0.3) is 33.7 Å². The first-order valence-corrected chi connectivity index (χ1v) is 27.3. The van der Waals surface area contributed by atoms with Crippen molar-refractivity contribution < 1.29 is 24.2 Å². The highest BCUT2D eigenvalue weighted by Gasteiger charge is 2.19. The SMILES string of the molecule is NCCCN1CCN(CCn2cc(Nc3ncc4nnn(-c5ccc(OCCCC(=O)O)cc5)c4n3)cn2)CC1.O=C1CCCCN2CCN(CC2)CCn2cc(cn2)Nc2ncc3nnn(c3n2)-c2ccc(cc2)OCCC1. The first kappa shape index (κ1) is 54.3. The molecule has 0 saturated carbocycles. The zero-order valence-electron chi connectivity index (χ0n) is 44.5. The fraction of sp³-hybridized carbons (Fsp3) is 0.472. The number of carbonyl (C=O) groups is 2. The van der Waals surface area contributed by atoms with Crippen molar-refractivity contribution in [1.29, 1.82) is 0 Å². The second-order valence-corrected chi connectivity index (χ2v) is 19.8. The molecular weight excluding hydrogens is 1010 g/mol. The van der Waals surface area contributed by atoms with Crippen LogP contribution in [0.3, 0.4) is 0 Å². The van der Waals surface area contributed by atoms with Gasteiger partial charge in [0.2, 0.25) is 11.9 Å². The zero-order chi connectivity index (χ0) is 54.2. The first-order chi connectivity index (χ1) is 38.8. The molecule has 5 N–H and O–H groups in total. The highest BCUT2D eigenvalue weighted by atomic mass is 16.5. The number of hydrogen-bond acceptors (Lipinski definition) is 21. The third-order valence-electron chi connectivity index (χ3n) is 14.1. The molecule has 26 nitrogen and oxygen atoms in total. The average Bonchev–Trinajstić information content (AvgIpc) is 4.36. The summed E-state index contributed by atoms with van der Waals surface area (Å²) in [5.41, 5.74) is 11.2. The number of piperazine rings is 2. The van der Waals surface area contributed by atoms with Gasteiger partial charge in [-0.05, 0) is 100 Å². The van der Waals surface area contributed by atoms with Gasteiger partial charge in [0.1, 0.15) is 17.3 Å². The van der Waals surface area contributed by atoms with Crippen LogP contribution in [-0.2, 0) is 22.7 Å². The predicted molar refractivity (Wildman–Crippen MR) is 295 cm³/mol. The Bertz CT molecular complexity index is 3200. The molecule has 0 radical (unpaired) electrons. The largest absolute Gasteiger partial charge is 0.494 e. The Morgan fingerprint density at radius 2 is 1.37 bits per heavy atom. The Balaban J connectivity index is 0.000000178. The molecule has 2 saturated heterocycles. The van der Waals surface area contributed by atoms with Gasteiger partial charge in [0.15, 0.2) is 22.3 Å². The molecule has 12 heterocycles. The number of anilines is 4. The van der Waals surface area contributed by atoms with Gasteiger partial charge in [0.25, 0.3) is 0 Å². The number of aromatic nitrogens is 14. The average molecular weight is 1080 g/mol. The van der Waals surface area contributed by atoms with Gasteiger partial charge >= 0.3 is 5.97 Å². The molecular formula is C53H69N21O5. The fourth-order valence-corrected chi connectivity index (χ4v) is 9.58. The van der Waals surface area contributed by atoms with E-state index in [9.17, 15) is 9.59 Å². The van der Waals surface area contributed by atoms with E-state index in [0.29, 0.717) is 78.2 Å². The molecule has 2 aromatic carbocycles. The summed E-state index contributed by atoms with van der Waals surface area (Å²) >= 11 is 0. The Morgan fingerprint density at radius 1 is 0.696 bits per heavy atom. The number of benzene rings is 2. The van der Waals surface area contributed by atoms with Crippen molar-refractivity contribution in [2.24, 2.45) is 5.73 Å². The molecule has 0 atom stereocenters. The van der Waals surface area contributed by atoms with Gasteiger partial charge in [-0.25, -0.2) is 9.97 Å². The number of nitrogens with zero attached hydrogens (tertiary/aromatic N) is 18. The van der Waals surface area contributed by atoms with Gasteiger partial charge in [-0.3, -0.25) is 28.8 Å². The molecule has 2 fully saturated rings. The molecule has 14 rings (SSSR count). The normalized spacial score (nSPS) is 18.0. The molecule has 0 spiro atoms. The molecule has 26 heteroatoms. The van der Waals surface area contributed by atoms with Crippen LogP contribution < -0.4 is 25.8 Å². The van der Waals surface area contributed by atoms with E-state index in [1.165, 1.54) is 0 Å². The summed E-state index contributed by atoms with van der Waals surface area (Å²) in [4.78, 5) is 51.0. The summed E-state index contributed by atoms with van der Waals surface area (Å²) in [5.74, 6) is 1.77. The molecule has 0 unspecified atom stereocenters. The molecule has 6 aromatic heterocycles. The standard InChI is InChI=1S/C27H34N10O2.C26H35N11O3/c38-23-4-1-2-10-34-11-13-35(14-12-34)15-16-36-20-21(18-29-36)30-27-28-19-25-26(31-27)37(33-32-25)22-6-8-24(9-7-22)39-17-3-5-23;27-8-2-9-34-10-12-35(13-11-34)14-15-36-19-20(17-29-36)30-26-28-18-23-25(31-26)37(33-32-23)21-4-6-22(7-5-21)40-16-1-3-24(38)39/h6-9,18-20H,1-5,10-17H2,(H,28,30,31);4-7,17-19H,1-3,8-16,27H2,(H,38,39)(H,28,30,31). The van der Waals surface area contributed by atoms with Gasteiger partial charge in [-0.1, -0.05) is 10.4 Å². The first-order valence-electron chi connectivity index (χ1n) is 27.3. The van der Waals surface area contributed by atoms with Gasteiger partial charge in [0.05, 0.1) is 73.8 Å². The van der Waals surface area contributed by atoms with E-state index < -0.39 is 5.97 Å². The lowest BCUT2D eigenvalue weighted by atomic mass is 10.1. The Labute approximate surface area is 456 Å². The lowest BCUT2D eigenvalue weighted by Gasteiger charge is -2.34. The quantitative estimate of drug-likeness (QED) is 0.112. The number of carboxylic acids is 1. The second kappa shape index (κ2) is 27.0. The summed E-state index contributed by atoms with van der Waals surface area (Å²) in [6.45, 7) is 15.9. The highest BCUT2D eigenvalue weighted by molar-refractivity contribution is 5.78. The van der Waals surface area contributed by atoms with Crippen molar-refractivity contribution in [2.75, 3.05) is 109 Å². The van der Waals surface area contributed by atoms with Crippen LogP contribution in [0.15, 0.2) is 85.7 Å². The lowest BCUT2D eigenvalue weighted by Crippen LogP contribution is -2.47. The summed E-state index contributed by atoms with van der Waals surface area (Å²) in [6.07, 6.45) is 16.3. The Morgan fingerprint density at radius 3 is 2.10 bits per heavy atom. The number of nitrogens with two attached hydrogens (primary N) is 1. The van der Waals surface area contributed by atoms with E-state index in [4.69, 9.17) is 20.3 Å². The number of ketones is 1. The minimum absolute atomic E-state index is 0.0771. The Kier molecular flexibility index (Phi) is 18.6. The van der Waals surface area contributed by atoms with Crippen LogP contribution in [0.4, 0.5) is 23.3 Å². The van der Waals surface area contributed by atoms with Crippen LogP contribution in [0, 0.1) is 0 Å². The van der Waals surface area contributed by atoms with E-state index in [1.807, 2.05) is 58.2 Å². The maximum atomic E-state index is 12.3. The number of hydrogen-bond donors (Lipinski definition) is 4. The van der Waals surface area contributed by atoms with Crippen molar-refractivity contribution in [3.8, 4) is 22.9 Å². The van der Waals surface area contributed by atoms with Crippen molar-refractivity contribution in [3.63, 3.8) is 0 Å². The topological polar surface area (TPSA) is 284 Å². The molecule has 8 aromatic rings. The molecule has 79 heavy (non-hydrogen) atoms. The van der Waals surface area contributed by atoms with Crippen LogP contribution in [-0.4, -0.2) is 204 Å². The zero-order valence-corrected chi connectivity index (χ0v) is 44.5. The van der Waals surface area contributed by atoms with Crippen molar-refractivity contribution in [2.45, 2.75) is 64.5 Å². The number of fused-ring (bicyclic) bond motifs is 1. The van der Waals surface area contributed by atoms with Gasteiger partial charge < -0.3 is 40.7 Å². The maximum Gasteiger partial charge on any atom is 0.303 e. The van der Waals surface area contributed by atoms with Gasteiger partial charge in [-0.2, -0.15) is 29.5 Å². The van der Waals surface area contributed by atoms with Crippen LogP contribution in [0.5, 0.6) is 11.5 Å². The van der Waals surface area contributed by atoms with Crippen molar-refractivity contribution in [1.82, 2.24) is 89.1 Å². The van der Waals surface area contributed by atoms with Crippen LogP contribution in [0.2, 0.25) is 0 Å². The van der Waals surface area contributed by atoms with Crippen LogP contribution >= 0.6 is 0 Å². The minimum Gasteiger partial charge on any atom is -0.494 e. The number of Topliss-reactive ketones (excluding diaryl/α,β-unsaturated/α-hetero) is 1. The molecule has 0 amide bonds. The molecule has 6 aliphatic rings. The number of carbonyl (C=O) groups excluding carboxylic acids is 1.